The van der Waals surface area contributed by atoms with E-state index in [0.717, 1.165) is 18.2 Å². The van der Waals surface area contributed by atoms with Crippen molar-refractivity contribution in [3.63, 3.8) is 0 Å². The van der Waals surface area contributed by atoms with Crippen LogP contribution in [-0.4, -0.2) is 20.7 Å². The molecule has 0 saturated heterocycles. The van der Waals surface area contributed by atoms with Crippen molar-refractivity contribution < 1.29 is 8.42 Å². The van der Waals surface area contributed by atoms with Crippen LogP contribution in [0.3, 0.4) is 0 Å². The zero-order valence-corrected chi connectivity index (χ0v) is 11.7. The van der Waals surface area contributed by atoms with Gasteiger partial charge in [0.25, 0.3) is 0 Å². The first kappa shape index (κ1) is 13.4. The number of hydrogen-bond donors (Lipinski definition) is 1. The molecule has 0 amide bonds. The molecule has 1 fully saturated rings. The van der Waals surface area contributed by atoms with Crippen molar-refractivity contribution in [3.8, 4) is 0 Å². The monoisotopic (exact) mass is 267 g/mol. The van der Waals surface area contributed by atoms with Gasteiger partial charge in [-0.25, -0.2) is 8.42 Å². The van der Waals surface area contributed by atoms with Crippen molar-refractivity contribution >= 4 is 15.5 Å². The van der Waals surface area contributed by atoms with Crippen LogP contribution in [0.15, 0.2) is 29.2 Å². The maximum Gasteiger partial charge on any atom is 0.178 e. The van der Waals surface area contributed by atoms with Gasteiger partial charge in [0.15, 0.2) is 9.84 Å². The molecule has 0 atom stereocenters. The normalized spacial score (nSPS) is 15.6. The Hall–Kier alpha value is -1.03. The van der Waals surface area contributed by atoms with E-state index in [1.165, 1.54) is 25.7 Å². The third-order valence-corrected chi connectivity index (χ3v) is 5.16. The Morgan fingerprint density at radius 2 is 1.89 bits per heavy atom. The van der Waals surface area contributed by atoms with Gasteiger partial charge in [-0.1, -0.05) is 19.8 Å². The second kappa shape index (κ2) is 5.74. The highest BCUT2D eigenvalue weighted by atomic mass is 32.2. The van der Waals surface area contributed by atoms with Crippen molar-refractivity contribution in [3.05, 3.63) is 24.3 Å². The fourth-order valence-electron chi connectivity index (χ4n) is 1.98. The van der Waals surface area contributed by atoms with Crippen LogP contribution >= 0.6 is 0 Å². The molecule has 1 aromatic carbocycles. The van der Waals surface area contributed by atoms with Crippen LogP contribution in [0.1, 0.15) is 32.6 Å². The molecule has 0 unspecified atom stereocenters. The molecule has 0 bridgehead atoms. The molecule has 1 aliphatic rings. The number of rotatable bonds is 7. The highest BCUT2D eigenvalue weighted by Crippen LogP contribution is 2.33. The number of hydrogen-bond acceptors (Lipinski definition) is 3. The molecule has 1 saturated carbocycles. The third kappa shape index (κ3) is 3.73. The zero-order valence-electron chi connectivity index (χ0n) is 10.9. The van der Waals surface area contributed by atoms with Crippen LogP contribution in [-0.2, 0) is 9.84 Å². The molecular formula is C14H21NO2S. The molecule has 1 N–H and O–H groups in total. The Labute approximate surface area is 110 Å². The van der Waals surface area contributed by atoms with Crippen molar-refractivity contribution in [2.45, 2.75) is 37.5 Å². The summed E-state index contributed by atoms with van der Waals surface area (Å²) < 4.78 is 23.3. The van der Waals surface area contributed by atoms with Crippen LogP contribution < -0.4 is 5.32 Å². The van der Waals surface area contributed by atoms with Gasteiger partial charge < -0.3 is 5.32 Å². The lowest BCUT2D eigenvalue weighted by atomic mass is 10.2. The highest BCUT2D eigenvalue weighted by molar-refractivity contribution is 7.91. The van der Waals surface area contributed by atoms with E-state index in [1.54, 1.807) is 19.1 Å². The van der Waals surface area contributed by atoms with Gasteiger partial charge in [-0.3, -0.25) is 0 Å². The molecule has 0 heterocycles. The molecule has 2 rings (SSSR count). The average molecular weight is 267 g/mol. The Bertz CT molecular complexity index is 475. The molecule has 1 aromatic rings. The van der Waals surface area contributed by atoms with E-state index in [1.807, 2.05) is 12.1 Å². The minimum absolute atomic E-state index is 0.154. The quantitative estimate of drug-likeness (QED) is 0.772. The average Bonchev–Trinajstić information content (AvgIpc) is 3.19. The maximum atomic E-state index is 11.6. The SMILES string of the molecule is CCS(=O)(=O)c1ccc(NCCCC2CC2)cc1. The summed E-state index contributed by atoms with van der Waals surface area (Å²) in [5.74, 6) is 1.13. The zero-order chi connectivity index (χ0) is 13.0. The smallest absolute Gasteiger partial charge is 0.178 e. The standard InChI is InChI=1S/C14H21NO2S/c1-2-18(16,17)14-9-7-13(8-10-14)15-11-3-4-12-5-6-12/h7-10,12,15H,2-6,11H2,1H3. The van der Waals surface area contributed by atoms with Crippen LogP contribution in [0.2, 0.25) is 0 Å². The summed E-state index contributed by atoms with van der Waals surface area (Å²) >= 11 is 0. The second-order valence-electron chi connectivity index (χ2n) is 4.94. The summed E-state index contributed by atoms with van der Waals surface area (Å²) in [6, 6.07) is 7.06. The van der Waals surface area contributed by atoms with Gasteiger partial charge in [0.05, 0.1) is 10.6 Å². The summed E-state index contributed by atoms with van der Waals surface area (Å²) in [4.78, 5) is 0.411. The third-order valence-electron chi connectivity index (χ3n) is 3.41. The van der Waals surface area contributed by atoms with E-state index in [9.17, 15) is 8.42 Å². The van der Waals surface area contributed by atoms with E-state index in [-0.39, 0.29) is 5.75 Å². The van der Waals surface area contributed by atoms with Crippen molar-refractivity contribution in [2.75, 3.05) is 17.6 Å². The molecule has 100 valence electrons. The number of anilines is 1. The van der Waals surface area contributed by atoms with E-state index < -0.39 is 9.84 Å². The molecule has 4 heteroatoms. The lowest BCUT2D eigenvalue weighted by molar-refractivity contribution is 0.597. The highest BCUT2D eigenvalue weighted by Gasteiger charge is 2.19. The van der Waals surface area contributed by atoms with E-state index in [4.69, 9.17) is 0 Å². The van der Waals surface area contributed by atoms with Crippen LogP contribution in [0.5, 0.6) is 0 Å². The van der Waals surface area contributed by atoms with Crippen LogP contribution in [0.4, 0.5) is 5.69 Å². The number of sulfone groups is 1. The van der Waals surface area contributed by atoms with E-state index in [2.05, 4.69) is 5.32 Å². The molecule has 18 heavy (non-hydrogen) atoms. The maximum absolute atomic E-state index is 11.6. The second-order valence-corrected chi connectivity index (χ2v) is 7.22. The largest absolute Gasteiger partial charge is 0.385 e. The van der Waals surface area contributed by atoms with Crippen molar-refractivity contribution in [1.82, 2.24) is 0 Å². The van der Waals surface area contributed by atoms with Gasteiger partial charge in [0.1, 0.15) is 0 Å². The van der Waals surface area contributed by atoms with Crippen LogP contribution in [0.25, 0.3) is 0 Å². The summed E-state index contributed by atoms with van der Waals surface area (Å²) in [7, 11) is -3.07. The van der Waals surface area contributed by atoms with Crippen LogP contribution in [0, 0.1) is 5.92 Å². The lowest BCUT2D eigenvalue weighted by Crippen LogP contribution is -2.05. The first-order valence-electron chi connectivity index (χ1n) is 6.68. The molecule has 0 spiro atoms. The van der Waals surface area contributed by atoms with Gasteiger partial charge in [-0.15, -0.1) is 0 Å². The van der Waals surface area contributed by atoms with Gasteiger partial charge in [0, 0.05) is 12.2 Å². The summed E-state index contributed by atoms with van der Waals surface area (Å²) in [6.07, 6.45) is 5.32. The van der Waals surface area contributed by atoms with Gasteiger partial charge in [-0.2, -0.15) is 0 Å². The molecule has 1 aliphatic carbocycles. The Morgan fingerprint density at radius 1 is 1.22 bits per heavy atom. The number of nitrogens with one attached hydrogen (secondary N) is 1. The van der Waals surface area contributed by atoms with E-state index >= 15 is 0 Å². The first-order chi connectivity index (χ1) is 8.62. The van der Waals surface area contributed by atoms with E-state index in [0.29, 0.717) is 4.90 Å². The fraction of sp³-hybridized carbons (Fsp3) is 0.571. The fourth-order valence-corrected chi connectivity index (χ4v) is 2.86. The molecule has 0 aromatic heterocycles. The van der Waals surface area contributed by atoms with Gasteiger partial charge in [-0.05, 0) is 43.0 Å². The predicted molar refractivity (Wildman–Crippen MR) is 74.6 cm³/mol. The van der Waals surface area contributed by atoms with Gasteiger partial charge in [0.2, 0.25) is 0 Å². The topological polar surface area (TPSA) is 46.2 Å². The molecule has 0 aliphatic heterocycles. The molecule has 0 radical (unpaired) electrons. The summed E-state index contributed by atoms with van der Waals surface area (Å²) in [6.45, 7) is 2.63. The van der Waals surface area contributed by atoms with Crippen molar-refractivity contribution in [1.29, 1.82) is 0 Å². The minimum Gasteiger partial charge on any atom is -0.385 e. The van der Waals surface area contributed by atoms with Crippen molar-refractivity contribution in [2.24, 2.45) is 5.92 Å². The predicted octanol–water partition coefficient (Wildman–Crippen LogP) is 3.08. The lowest BCUT2D eigenvalue weighted by Gasteiger charge is -2.07. The Kier molecular flexibility index (Phi) is 4.27. The minimum atomic E-state index is -3.07. The first-order valence-corrected chi connectivity index (χ1v) is 8.34. The summed E-state index contributed by atoms with van der Waals surface area (Å²) in [5, 5.41) is 3.33. The molecule has 3 nitrogen and oxygen atoms in total. The Balaban J connectivity index is 1.83. The molecular weight excluding hydrogens is 246 g/mol. The summed E-state index contributed by atoms with van der Waals surface area (Å²) in [5.41, 5.74) is 1.00. The number of benzene rings is 1. The Morgan fingerprint density at radius 3 is 2.44 bits per heavy atom. The van der Waals surface area contributed by atoms with Gasteiger partial charge >= 0.3 is 0 Å².